The van der Waals surface area contributed by atoms with Gasteiger partial charge in [-0.1, -0.05) is 46.3 Å². The normalized spacial score (nSPS) is 14.8. The molecule has 0 aliphatic rings. The van der Waals surface area contributed by atoms with Gasteiger partial charge in [-0.3, -0.25) is 14.4 Å². The Bertz CT molecular complexity index is 818. The molecule has 1 aromatic rings. The van der Waals surface area contributed by atoms with Gasteiger partial charge in [0.15, 0.2) is 16.9 Å². The van der Waals surface area contributed by atoms with Gasteiger partial charge < -0.3 is 27.0 Å². The Hall–Kier alpha value is -2.63. The minimum atomic E-state index is -2.64. The molecule has 0 unspecified atom stereocenters. The van der Waals surface area contributed by atoms with E-state index in [4.69, 9.17) is 21.9 Å². The molecule has 0 radical (unpaired) electrons. The van der Waals surface area contributed by atoms with Crippen LogP contribution < -0.4 is 17.2 Å². The number of hydrogen-bond donors (Lipinski definition) is 4. The molecule has 1 aromatic carbocycles. The smallest absolute Gasteiger partial charge is 0.334 e. The quantitative estimate of drug-likeness (QED) is 0.166. The lowest BCUT2D eigenvalue weighted by molar-refractivity contribution is -0.160. The summed E-state index contributed by atoms with van der Waals surface area (Å²) in [6.07, 6.45) is -2.02. The Morgan fingerprint density at radius 1 is 0.967 bits per heavy atom. The number of benzene rings is 1. The molecule has 1 amide bonds. The molecule has 0 bridgehead atoms. The van der Waals surface area contributed by atoms with Crippen LogP contribution in [0, 0.1) is 0 Å². The summed E-state index contributed by atoms with van der Waals surface area (Å²) in [6, 6.07) is 8.47. The molecule has 1 rings (SSSR count). The number of carboxylic acid groups (broad SMARTS) is 1. The van der Waals surface area contributed by atoms with Crippen LogP contribution >= 0.6 is 15.9 Å². The van der Waals surface area contributed by atoms with E-state index in [2.05, 4.69) is 15.9 Å². The lowest BCUT2D eigenvalue weighted by atomic mass is 9.76. The number of ether oxygens (including phenoxy) is 1. The summed E-state index contributed by atoms with van der Waals surface area (Å²) >= 11 is 2.93. The third-order valence-corrected chi connectivity index (χ3v) is 5.11. The van der Waals surface area contributed by atoms with Crippen molar-refractivity contribution in [1.29, 1.82) is 0 Å². The Kier molecular flexibility index (Phi) is 9.27. The Morgan fingerprint density at radius 3 is 2.03 bits per heavy atom. The number of alkyl halides is 1. The number of rotatable bonds is 13. The summed E-state index contributed by atoms with van der Waals surface area (Å²) in [5.41, 5.74) is 12.3. The second kappa shape index (κ2) is 11.0. The first-order valence-corrected chi connectivity index (χ1v) is 10.0. The number of carboxylic acids is 1. The number of esters is 1. The van der Waals surface area contributed by atoms with Crippen molar-refractivity contribution in [2.24, 2.45) is 17.2 Å². The van der Waals surface area contributed by atoms with Gasteiger partial charge in [-0.05, 0) is 18.4 Å². The average Bonchev–Trinajstić information content (AvgIpc) is 2.73. The van der Waals surface area contributed by atoms with Crippen molar-refractivity contribution in [3.05, 3.63) is 35.9 Å². The van der Waals surface area contributed by atoms with Gasteiger partial charge >= 0.3 is 11.9 Å². The van der Waals surface area contributed by atoms with Crippen molar-refractivity contribution in [1.82, 2.24) is 0 Å². The van der Waals surface area contributed by atoms with Gasteiger partial charge in [0.05, 0.1) is 5.33 Å². The fourth-order valence-electron chi connectivity index (χ4n) is 2.60. The van der Waals surface area contributed by atoms with Gasteiger partial charge in [0, 0.05) is 12.8 Å². The molecule has 30 heavy (non-hydrogen) atoms. The first-order valence-electron chi connectivity index (χ1n) is 8.90. The van der Waals surface area contributed by atoms with Crippen molar-refractivity contribution >= 4 is 45.3 Å². The Morgan fingerprint density at radius 2 is 1.53 bits per heavy atom. The number of halogens is 1. The number of primary amides is 1. The first-order chi connectivity index (χ1) is 14.0. The van der Waals surface area contributed by atoms with Crippen LogP contribution in [-0.4, -0.2) is 50.9 Å². The van der Waals surface area contributed by atoms with Crippen LogP contribution in [0.5, 0.6) is 0 Å². The maximum Gasteiger partial charge on any atom is 0.334 e. The maximum absolute atomic E-state index is 13.1. The standard InChI is InChI=1S/C19H24BrN3O7/c20-10-13(24)6-8-18(22,16(27)28)15(26)19(23,9-7-14(21)25)17(29)30-11-12-4-2-1-3-5-12/h1-5H,6-11,22-23H2,(H2,21,25)(H,27,28)/t18-,19+/m1/s1. The van der Waals surface area contributed by atoms with Crippen molar-refractivity contribution in [3.63, 3.8) is 0 Å². The van der Waals surface area contributed by atoms with Crippen LogP contribution in [0.2, 0.25) is 0 Å². The van der Waals surface area contributed by atoms with Gasteiger partial charge in [-0.15, -0.1) is 0 Å². The molecule has 0 saturated carbocycles. The van der Waals surface area contributed by atoms with Crippen LogP contribution in [0.4, 0.5) is 0 Å². The van der Waals surface area contributed by atoms with Crippen molar-refractivity contribution < 1.29 is 33.8 Å². The maximum atomic E-state index is 13.1. The highest BCUT2D eigenvalue weighted by molar-refractivity contribution is 9.09. The third-order valence-electron chi connectivity index (χ3n) is 4.48. The number of Topliss-reactive ketones (excluding diaryl/α,β-unsaturated/α-hetero) is 2. The molecule has 7 N–H and O–H groups in total. The molecule has 0 saturated heterocycles. The van der Waals surface area contributed by atoms with E-state index in [1.165, 1.54) is 0 Å². The number of carbonyl (C=O) groups excluding carboxylic acids is 4. The van der Waals surface area contributed by atoms with E-state index in [1.54, 1.807) is 30.3 Å². The second-order valence-electron chi connectivity index (χ2n) is 6.78. The predicted octanol–water partition coefficient (Wildman–Crippen LogP) is -0.212. The van der Waals surface area contributed by atoms with E-state index in [0.717, 1.165) is 0 Å². The molecule has 0 aromatic heterocycles. The molecule has 0 aliphatic heterocycles. The Balaban J connectivity index is 3.18. The first kappa shape index (κ1) is 25.4. The summed E-state index contributed by atoms with van der Waals surface area (Å²) in [6.45, 7) is -0.241. The monoisotopic (exact) mass is 485 g/mol. The molecular weight excluding hydrogens is 462 g/mol. The van der Waals surface area contributed by atoms with Gasteiger partial charge in [0.1, 0.15) is 12.4 Å². The number of nitrogens with two attached hydrogens (primary N) is 3. The molecular formula is C19H24BrN3O7. The van der Waals surface area contributed by atoms with Gasteiger partial charge in [0.2, 0.25) is 5.91 Å². The highest BCUT2D eigenvalue weighted by Gasteiger charge is 2.55. The summed E-state index contributed by atoms with van der Waals surface area (Å²) < 4.78 is 5.11. The molecule has 0 fully saturated rings. The lowest BCUT2D eigenvalue weighted by Crippen LogP contribution is -2.69. The molecule has 10 nitrogen and oxygen atoms in total. The molecule has 0 heterocycles. The van der Waals surface area contributed by atoms with Gasteiger partial charge in [-0.2, -0.15) is 0 Å². The minimum absolute atomic E-state index is 0.0640. The molecule has 164 valence electrons. The largest absolute Gasteiger partial charge is 0.480 e. The highest BCUT2D eigenvalue weighted by atomic mass is 79.9. The van der Waals surface area contributed by atoms with Crippen LogP contribution in [0.15, 0.2) is 30.3 Å². The number of amides is 1. The summed E-state index contributed by atoms with van der Waals surface area (Å²) in [5.74, 6) is -5.64. The van der Waals surface area contributed by atoms with Crippen LogP contribution in [0.1, 0.15) is 31.2 Å². The number of aliphatic carboxylic acids is 1. The minimum Gasteiger partial charge on any atom is -0.480 e. The average molecular weight is 486 g/mol. The fourth-order valence-corrected chi connectivity index (χ4v) is 2.88. The summed E-state index contributed by atoms with van der Waals surface area (Å²) in [4.78, 5) is 60.4. The van der Waals surface area contributed by atoms with Crippen LogP contribution in [-0.2, 0) is 35.3 Å². The van der Waals surface area contributed by atoms with Crippen molar-refractivity contribution in [3.8, 4) is 0 Å². The molecule has 0 spiro atoms. The number of carbonyl (C=O) groups is 5. The number of ketones is 2. The number of hydrogen-bond acceptors (Lipinski definition) is 8. The topological polar surface area (TPSA) is 193 Å². The zero-order chi connectivity index (χ0) is 22.9. The fraction of sp³-hybridized carbons (Fsp3) is 0.421. The van der Waals surface area contributed by atoms with E-state index in [0.29, 0.717) is 5.56 Å². The van der Waals surface area contributed by atoms with Gasteiger partial charge in [0.25, 0.3) is 0 Å². The Labute approximate surface area is 181 Å². The van der Waals surface area contributed by atoms with E-state index in [1.807, 2.05) is 0 Å². The SMILES string of the molecule is NC(=O)CC[C@@](N)(C(=O)OCc1ccccc1)C(=O)[C@](N)(CCC(=O)CBr)C(=O)O. The van der Waals surface area contributed by atoms with E-state index in [9.17, 15) is 29.1 Å². The molecule has 2 atom stereocenters. The predicted molar refractivity (Wildman–Crippen MR) is 109 cm³/mol. The molecule has 0 aliphatic carbocycles. The van der Waals surface area contributed by atoms with E-state index in [-0.39, 0.29) is 18.4 Å². The van der Waals surface area contributed by atoms with Crippen molar-refractivity contribution in [2.45, 2.75) is 43.4 Å². The second-order valence-corrected chi connectivity index (χ2v) is 7.34. The van der Waals surface area contributed by atoms with E-state index >= 15 is 0 Å². The zero-order valence-electron chi connectivity index (χ0n) is 16.1. The van der Waals surface area contributed by atoms with Crippen molar-refractivity contribution in [2.75, 3.05) is 5.33 Å². The molecule has 11 heteroatoms. The summed E-state index contributed by atoms with van der Waals surface area (Å²) in [5, 5.41) is 9.49. The summed E-state index contributed by atoms with van der Waals surface area (Å²) in [7, 11) is 0. The van der Waals surface area contributed by atoms with Crippen LogP contribution in [0.3, 0.4) is 0 Å². The van der Waals surface area contributed by atoms with Crippen LogP contribution in [0.25, 0.3) is 0 Å². The third kappa shape index (κ3) is 6.44. The lowest BCUT2D eigenvalue weighted by Gasteiger charge is -2.33. The van der Waals surface area contributed by atoms with E-state index < -0.39 is 59.8 Å². The zero-order valence-corrected chi connectivity index (χ0v) is 17.7. The van der Waals surface area contributed by atoms with Gasteiger partial charge in [-0.25, -0.2) is 9.59 Å². The highest BCUT2D eigenvalue weighted by Crippen LogP contribution is 2.24.